The Morgan fingerprint density at radius 2 is 1.88 bits per heavy atom. The molecule has 9 heteroatoms. The van der Waals surface area contributed by atoms with Crippen molar-refractivity contribution < 1.29 is 27.5 Å². The molecule has 0 aliphatic heterocycles. The van der Waals surface area contributed by atoms with Crippen molar-refractivity contribution in [2.24, 2.45) is 5.73 Å². The fourth-order valence-corrected chi connectivity index (χ4v) is 2.13. The summed E-state index contributed by atoms with van der Waals surface area (Å²) in [4.78, 5) is 22.9. The zero-order valence-electron chi connectivity index (χ0n) is 12.6. The molecule has 0 bridgehead atoms. The zero-order valence-corrected chi connectivity index (χ0v) is 13.3. The summed E-state index contributed by atoms with van der Waals surface area (Å²) in [5.41, 5.74) is 3.97. The third kappa shape index (κ3) is 5.12. The normalized spacial score (nSPS) is 11.0. The van der Waals surface area contributed by atoms with Crippen LogP contribution in [-0.2, 0) is 11.0 Å². The van der Waals surface area contributed by atoms with Crippen LogP contribution in [0.5, 0.6) is 5.75 Å². The minimum atomic E-state index is -4.64. The minimum absolute atomic E-state index is 0.0646. The van der Waals surface area contributed by atoms with Crippen molar-refractivity contribution in [2.45, 2.75) is 6.18 Å². The number of halogens is 4. The van der Waals surface area contributed by atoms with Gasteiger partial charge in [-0.3, -0.25) is 9.59 Å². The lowest BCUT2D eigenvalue weighted by Gasteiger charge is -2.12. The molecule has 0 saturated carbocycles. The number of nitrogens with two attached hydrogens (primary N) is 1. The summed E-state index contributed by atoms with van der Waals surface area (Å²) in [6.45, 7) is -0.364. The molecule has 132 valence electrons. The first kappa shape index (κ1) is 18.6. The Hall–Kier alpha value is -2.74. The van der Waals surface area contributed by atoms with Crippen molar-refractivity contribution in [3.8, 4) is 5.75 Å². The van der Waals surface area contributed by atoms with Gasteiger partial charge in [0.15, 0.2) is 6.61 Å². The van der Waals surface area contributed by atoms with Gasteiger partial charge >= 0.3 is 6.18 Å². The molecule has 2 rings (SSSR count). The van der Waals surface area contributed by atoms with Gasteiger partial charge < -0.3 is 15.8 Å². The maximum Gasteiger partial charge on any atom is 0.417 e. The highest BCUT2D eigenvalue weighted by atomic mass is 35.5. The molecule has 0 radical (unpaired) electrons. The SMILES string of the molecule is NC(=O)COc1cccc(C(=O)Nc2ccc(Cl)c(C(F)(F)F)c2)c1. The lowest BCUT2D eigenvalue weighted by molar-refractivity contribution is -0.137. The largest absolute Gasteiger partial charge is 0.484 e. The van der Waals surface area contributed by atoms with Crippen LogP contribution >= 0.6 is 11.6 Å². The van der Waals surface area contributed by atoms with Gasteiger partial charge in [-0.2, -0.15) is 13.2 Å². The number of anilines is 1. The molecule has 0 fully saturated rings. The highest BCUT2D eigenvalue weighted by molar-refractivity contribution is 6.31. The summed E-state index contributed by atoms with van der Waals surface area (Å²) in [5, 5.41) is 1.88. The monoisotopic (exact) mass is 372 g/mol. The summed E-state index contributed by atoms with van der Waals surface area (Å²) in [6, 6.07) is 8.81. The fraction of sp³-hybridized carbons (Fsp3) is 0.125. The van der Waals surface area contributed by atoms with Crippen molar-refractivity contribution in [3.63, 3.8) is 0 Å². The van der Waals surface area contributed by atoms with E-state index in [0.717, 1.165) is 12.1 Å². The second-order valence-corrected chi connectivity index (χ2v) is 5.34. The lowest BCUT2D eigenvalue weighted by Crippen LogP contribution is -2.20. The number of benzene rings is 2. The topological polar surface area (TPSA) is 81.4 Å². The maximum atomic E-state index is 12.8. The molecule has 3 N–H and O–H groups in total. The van der Waals surface area contributed by atoms with Crippen molar-refractivity contribution in [3.05, 3.63) is 58.6 Å². The number of amides is 2. The van der Waals surface area contributed by atoms with Crippen LogP contribution in [0.15, 0.2) is 42.5 Å². The van der Waals surface area contributed by atoms with Crippen LogP contribution in [0.1, 0.15) is 15.9 Å². The van der Waals surface area contributed by atoms with Crippen molar-refractivity contribution in [1.82, 2.24) is 0 Å². The molecule has 0 unspecified atom stereocenters. The third-order valence-corrected chi connectivity index (χ3v) is 3.34. The number of alkyl halides is 3. The van der Waals surface area contributed by atoms with Gasteiger partial charge in [-0.25, -0.2) is 0 Å². The van der Waals surface area contributed by atoms with Gasteiger partial charge in [-0.15, -0.1) is 0 Å². The molecule has 2 aromatic rings. The predicted molar refractivity (Wildman–Crippen MR) is 85.5 cm³/mol. The molecule has 0 aliphatic rings. The van der Waals surface area contributed by atoms with Crippen molar-refractivity contribution in [2.75, 3.05) is 11.9 Å². The van der Waals surface area contributed by atoms with E-state index in [1.54, 1.807) is 0 Å². The Morgan fingerprint density at radius 1 is 1.16 bits per heavy atom. The predicted octanol–water partition coefficient (Wildman–Crippen LogP) is 3.48. The van der Waals surface area contributed by atoms with Crippen LogP contribution in [-0.4, -0.2) is 18.4 Å². The molecule has 0 aromatic heterocycles. The number of hydrogen-bond donors (Lipinski definition) is 2. The van der Waals surface area contributed by atoms with Gasteiger partial charge in [0.25, 0.3) is 11.8 Å². The number of rotatable bonds is 5. The summed E-state index contributed by atoms with van der Waals surface area (Å²) >= 11 is 5.53. The number of nitrogens with one attached hydrogen (secondary N) is 1. The van der Waals surface area contributed by atoms with Crippen molar-refractivity contribution in [1.29, 1.82) is 0 Å². The first-order valence-electron chi connectivity index (χ1n) is 6.86. The van der Waals surface area contributed by atoms with E-state index in [-0.39, 0.29) is 23.6 Å². The molecule has 0 heterocycles. The molecule has 2 aromatic carbocycles. The van der Waals surface area contributed by atoms with Crippen LogP contribution < -0.4 is 15.8 Å². The summed E-state index contributed by atoms with van der Waals surface area (Å²) in [6.07, 6.45) is -4.64. The number of ether oxygens (including phenoxy) is 1. The number of primary amides is 1. The number of hydrogen-bond acceptors (Lipinski definition) is 3. The van der Waals surface area contributed by atoms with Crippen LogP contribution in [0, 0.1) is 0 Å². The van der Waals surface area contributed by atoms with Crippen molar-refractivity contribution >= 4 is 29.1 Å². The highest BCUT2D eigenvalue weighted by Crippen LogP contribution is 2.36. The Kier molecular flexibility index (Phi) is 5.53. The van der Waals surface area contributed by atoms with Gasteiger partial charge in [0, 0.05) is 11.3 Å². The molecule has 2 amide bonds. The van der Waals surface area contributed by atoms with E-state index in [4.69, 9.17) is 22.1 Å². The summed E-state index contributed by atoms with van der Waals surface area (Å²) < 4.78 is 43.6. The molecule has 5 nitrogen and oxygen atoms in total. The lowest BCUT2D eigenvalue weighted by atomic mass is 10.1. The third-order valence-electron chi connectivity index (χ3n) is 3.01. The van der Waals surface area contributed by atoms with Gasteiger partial charge in [-0.1, -0.05) is 17.7 Å². The van der Waals surface area contributed by atoms with Gasteiger partial charge in [0.1, 0.15) is 5.75 Å². The molecular formula is C16H12ClF3N2O3. The van der Waals surface area contributed by atoms with E-state index < -0.39 is 28.6 Å². The van der Waals surface area contributed by atoms with E-state index in [2.05, 4.69) is 5.32 Å². The standard InChI is InChI=1S/C16H12ClF3N2O3/c17-13-5-4-10(7-12(13)16(18,19)20)22-15(24)9-2-1-3-11(6-9)25-8-14(21)23/h1-7H,8H2,(H2,21,23)(H,22,24). The molecule has 0 spiro atoms. The first-order chi connectivity index (χ1) is 11.7. The molecular weight excluding hydrogens is 361 g/mol. The second-order valence-electron chi connectivity index (χ2n) is 4.93. The fourth-order valence-electron chi connectivity index (χ4n) is 1.91. The van der Waals surface area contributed by atoms with E-state index in [1.807, 2.05) is 0 Å². The van der Waals surface area contributed by atoms with E-state index in [0.29, 0.717) is 0 Å². The van der Waals surface area contributed by atoms with E-state index >= 15 is 0 Å². The maximum absolute atomic E-state index is 12.8. The number of carbonyl (C=O) groups is 2. The Bertz CT molecular complexity index is 809. The summed E-state index contributed by atoms with van der Waals surface area (Å²) in [5.74, 6) is -1.12. The highest BCUT2D eigenvalue weighted by Gasteiger charge is 2.33. The summed E-state index contributed by atoms with van der Waals surface area (Å²) in [7, 11) is 0. The molecule has 0 aliphatic carbocycles. The Morgan fingerprint density at radius 3 is 2.52 bits per heavy atom. The molecule has 25 heavy (non-hydrogen) atoms. The zero-order chi connectivity index (χ0) is 18.6. The second kappa shape index (κ2) is 7.43. The van der Waals surface area contributed by atoms with Crippen LogP contribution in [0.4, 0.5) is 18.9 Å². The number of carbonyl (C=O) groups excluding carboxylic acids is 2. The average Bonchev–Trinajstić information content (AvgIpc) is 2.54. The van der Waals surface area contributed by atoms with E-state index in [9.17, 15) is 22.8 Å². The Balaban J connectivity index is 2.17. The van der Waals surface area contributed by atoms with Crippen LogP contribution in [0.3, 0.4) is 0 Å². The molecule has 0 saturated heterocycles. The average molecular weight is 373 g/mol. The van der Waals surface area contributed by atoms with Gasteiger partial charge in [0.2, 0.25) is 0 Å². The first-order valence-corrected chi connectivity index (χ1v) is 7.24. The van der Waals surface area contributed by atoms with Crippen LogP contribution in [0.25, 0.3) is 0 Å². The van der Waals surface area contributed by atoms with Gasteiger partial charge in [0.05, 0.1) is 10.6 Å². The van der Waals surface area contributed by atoms with Crippen LogP contribution in [0.2, 0.25) is 5.02 Å². The van der Waals surface area contributed by atoms with Gasteiger partial charge in [-0.05, 0) is 36.4 Å². The Labute approximate surface area is 145 Å². The smallest absolute Gasteiger partial charge is 0.417 e. The quantitative estimate of drug-likeness (QED) is 0.843. The molecule has 0 atom stereocenters. The van der Waals surface area contributed by atoms with E-state index in [1.165, 1.54) is 30.3 Å². The minimum Gasteiger partial charge on any atom is -0.484 e.